The molecule has 7 heteroatoms. The predicted octanol–water partition coefficient (Wildman–Crippen LogP) is 5.42. The van der Waals surface area contributed by atoms with Crippen molar-refractivity contribution in [3.05, 3.63) is 71.8 Å². The molecule has 0 aliphatic carbocycles. The summed E-state index contributed by atoms with van der Waals surface area (Å²) >= 11 is 1.60. The Bertz CT molecular complexity index is 1260. The van der Waals surface area contributed by atoms with Gasteiger partial charge in [-0.05, 0) is 41.8 Å². The number of nitrogens with two attached hydrogens (primary N) is 1. The molecule has 156 valence electrons. The van der Waals surface area contributed by atoms with E-state index in [0.29, 0.717) is 34.0 Å². The molecule has 0 saturated carbocycles. The van der Waals surface area contributed by atoms with E-state index in [2.05, 4.69) is 5.32 Å². The lowest BCUT2D eigenvalue weighted by Crippen LogP contribution is -2.14. The van der Waals surface area contributed by atoms with Gasteiger partial charge in [-0.25, -0.2) is 0 Å². The monoisotopic (exact) mass is 431 g/mol. The highest BCUT2D eigenvalue weighted by atomic mass is 32.1. The molecule has 4 aromatic rings. The van der Waals surface area contributed by atoms with Gasteiger partial charge in [0.05, 0.1) is 19.9 Å². The minimum absolute atomic E-state index is 0.336. The number of rotatable bonds is 6. The molecule has 0 atom stereocenters. The molecule has 1 amide bonds. The fraction of sp³-hybridized carbons (Fsp3) is 0.0833. The summed E-state index contributed by atoms with van der Waals surface area (Å²) in [5.41, 5.74) is 8.90. The van der Waals surface area contributed by atoms with E-state index in [9.17, 15) is 4.79 Å². The van der Waals surface area contributed by atoms with E-state index >= 15 is 0 Å². The quantitative estimate of drug-likeness (QED) is 0.281. The fourth-order valence-electron chi connectivity index (χ4n) is 3.35. The molecule has 1 heterocycles. The third kappa shape index (κ3) is 3.95. The lowest BCUT2D eigenvalue weighted by Gasteiger charge is -2.14. The Morgan fingerprint density at radius 2 is 1.87 bits per heavy atom. The van der Waals surface area contributed by atoms with Gasteiger partial charge in [-0.3, -0.25) is 4.79 Å². The molecule has 0 bridgehead atoms. The second-order valence-corrected chi connectivity index (χ2v) is 7.92. The van der Waals surface area contributed by atoms with Gasteiger partial charge in [-0.2, -0.15) is 0 Å². The molecule has 0 aliphatic heterocycles. The van der Waals surface area contributed by atoms with Gasteiger partial charge in [0.1, 0.15) is 11.5 Å². The van der Waals surface area contributed by atoms with Crippen LogP contribution in [-0.4, -0.2) is 26.3 Å². The molecule has 0 fully saturated rings. The van der Waals surface area contributed by atoms with Gasteiger partial charge < -0.3 is 25.9 Å². The minimum Gasteiger partial charge on any atom is -0.497 e. The van der Waals surface area contributed by atoms with Crippen LogP contribution >= 0.6 is 11.3 Å². The molecule has 4 N–H and O–H groups in total. The number of benzene rings is 3. The fourth-order valence-corrected chi connectivity index (χ4v) is 4.44. The summed E-state index contributed by atoms with van der Waals surface area (Å²) in [4.78, 5) is 14.0. The molecule has 4 rings (SSSR count). The van der Waals surface area contributed by atoms with Crippen molar-refractivity contribution in [1.29, 1.82) is 5.41 Å². The van der Waals surface area contributed by atoms with Gasteiger partial charge in [-0.1, -0.05) is 18.2 Å². The molecule has 0 aliphatic rings. The van der Waals surface area contributed by atoms with Gasteiger partial charge in [0.2, 0.25) is 0 Å². The average molecular weight is 432 g/mol. The minimum atomic E-state index is -0.336. The van der Waals surface area contributed by atoms with Gasteiger partial charge in [-0.15, -0.1) is 11.3 Å². The van der Waals surface area contributed by atoms with Crippen molar-refractivity contribution in [2.24, 2.45) is 0 Å². The summed E-state index contributed by atoms with van der Waals surface area (Å²) in [7, 11) is 3.09. The number of nitrogen functional groups attached to an aromatic ring is 1. The van der Waals surface area contributed by atoms with Crippen molar-refractivity contribution in [3.8, 4) is 21.9 Å². The van der Waals surface area contributed by atoms with Crippen LogP contribution in [0.3, 0.4) is 0 Å². The Kier molecular flexibility index (Phi) is 5.60. The Labute approximate surface area is 183 Å². The topological polar surface area (TPSA) is 97.4 Å². The summed E-state index contributed by atoms with van der Waals surface area (Å²) in [5.74, 6) is 0.776. The van der Waals surface area contributed by atoms with Crippen molar-refractivity contribution < 1.29 is 14.3 Å². The first-order valence-electron chi connectivity index (χ1n) is 9.50. The largest absolute Gasteiger partial charge is 0.497 e. The van der Waals surface area contributed by atoms with Crippen LogP contribution in [0.25, 0.3) is 20.5 Å². The van der Waals surface area contributed by atoms with Crippen LogP contribution in [0.5, 0.6) is 11.5 Å². The number of carbonyl (C=O) groups excluding carboxylic acids is 1. The Morgan fingerprint density at radius 3 is 2.58 bits per heavy atom. The van der Waals surface area contributed by atoms with E-state index in [1.54, 1.807) is 48.8 Å². The predicted molar refractivity (Wildman–Crippen MR) is 127 cm³/mol. The number of nitrogens with one attached hydrogen (secondary N) is 2. The first kappa shape index (κ1) is 20.4. The van der Waals surface area contributed by atoms with E-state index in [-0.39, 0.29) is 5.91 Å². The number of thiophene rings is 1. The average Bonchev–Trinajstić information content (AvgIpc) is 3.23. The number of hydrogen-bond acceptors (Lipinski definition) is 6. The van der Waals surface area contributed by atoms with E-state index in [4.69, 9.17) is 20.6 Å². The molecule has 0 saturated heterocycles. The molecule has 6 nitrogen and oxygen atoms in total. The molecule has 31 heavy (non-hydrogen) atoms. The van der Waals surface area contributed by atoms with Crippen molar-refractivity contribution in [3.63, 3.8) is 0 Å². The molecule has 0 unspecified atom stereocenters. The Hall–Kier alpha value is -3.84. The maximum Gasteiger partial charge on any atom is 0.255 e. The zero-order valence-corrected chi connectivity index (χ0v) is 17.9. The lowest BCUT2D eigenvalue weighted by atomic mass is 10.0. The number of methoxy groups -OCH3 is 2. The third-order valence-corrected chi connectivity index (χ3v) is 6.12. The normalized spacial score (nSPS) is 10.6. The van der Waals surface area contributed by atoms with E-state index in [0.717, 1.165) is 26.7 Å². The maximum absolute atomic E-state index is 13.1. The Morgan fingerprint density at radius 1 is 1.06 bits per heavy atom. The van der Waals surface area contributed by atoms with Crippen molar-refractivity contribution in [2.45, 2.75) is 0 Å². The van der Waals surface area contributed by atoms with Crippen molar-refractivity contribution in [1.82, 2.24) is 0 Å². The van der Waals surface area contributed by atoms with E-state index in [1.807, 2.05) is 30.3 Å². The van der Waals surface area contributed by atoms with E-state index in [1.165, 1.54) is 7.11 Å². The van der Waals surface area contributed by atoms with Crippen LogP contribution in [0, 0.1) is 5.41 Å². The summed E-state index contributed by atoms with van der Waals surface area (Å²) in [6.07, 6.45) is 1.16. The molecule has 0 radical (unpaired) electrons. The summed E-state index contributed by atoms with van der Waals surface area (Å²) in [6.45, 7) is 0. The van der Waals surface area contributed by atoms with Crippen molar-refractivity contribution >= 4 is 44.9 Å². The Balaban J connectivity index is 1.76. The highest BCUT2D eigenvalue weighted by Crippen LogP contribution is 2.38. The zero-order chi connectivity index (χ0) is 22.0. The summed E-state index contributed by atoms with van der Waals surface area (Å²) in [6, 6.07) is 18.6. The molecule has 1 aromatic heterocycles. The van der Waals surface area contributed by atoms with Gasteiger partial charge in [0, 0.05) is 44.2 Å². The third-order valence-electron chi connectivity index (χ3n) is 4.98. The highest BCUT2D eigenvalue weighted by molar-refractivity contribution is 7.22. The highest BCUT2D eigenvalue weighted by Gasteiger charge is 2.17. The van der Waals surface area contributed by atoms with Gasteiger partial charge in [0.15, 0.2) is 0 Å². The van der Waals surface area contributed by atoms with Gasteiger partial charge in [0.25, 0.3) is 5.91 Å². The van der Waals surface area contributed by atoms with Crippen LogP contribution in [0.2, 0.25) is 0 Å². The van der Waals surface area contributed by atoms with Crippen LogP contribution in [0.15, 0.2) is 60.7 Å². The lowest BCUT2D eigenvalue weighted by molar-refractivity contribution is 0.102. The van der Waals surface area contributed by atoms with Crippen molar-refractivity contribution in [2.75, 3.05) is 25.3 Å². The number of carbonyl (C=O) groups is 1. The number of ether oxygens (including phenoxy) is 2. The summed E-state index contributed by atoms with van der Waals surface area (Å²) < 4.78 is 11.7. The number of anilines is 2. The van der Waals surface area contributed by atoms with Gasteiger partial charge >= 0.3 is 0 Å². The first-order valence-corrected chi connectivity index (χ1v) is 10.3. The van der Waals surface area contributed by atoms with Crippen LogP contribution in [-0.2, 0) is 0 Å². The smallest absolute Gasteiger partial charge is 0.255 e. The number of hydrogen-bond donors (Lipinski definition) is 3. The molecular formula is C24H21N3O3S. The second kappa shape index (κ2) is 8.49. The first-order chi connectivity index (χ1) is 15.0. The summed E-state index contributed by atoms with van der Waals surface area (Å²) in [5, 5.41) is 11.7. The van der Waals surface area contributed by atoms with E-state index < -0.39 is 0 Å². The maximum atomic E-state index is 13.1. The van der Waals surface area contributed by atoms with Crippen LogP contribution in [0.1, 0.15) is 15.9 Å². The standard InChI is InChI=1S/C24H21N3O3S/c1-29-17-7-8-20(30-2)19(12-17)27-24(28)15-9-16(13-25)23(26)18(10-15)22-11-14-5-3-4-6-21(14)31-22/h3-13,25H,26H2,1-2H3,(H,27,28). The number of amides is 1. The molecule has 3 aromatic carbocycles. The number of fused-ring (bicyclic) bond motifs is 1. The molecule has 0 spiro atoms. The second-order valence-electron chi connectivity index (χ2n) is 6.84. The molecular weight excluding hydrogens is 410 g/mol. The SMILES string of the molecule is COc1ccc(OC)c(NC(=O)c2cc(C=N)c(N)c(-c3cc4ccccc4s3)c2)c1. The zero-order valence-electron chi connectivity index (χ0n) is 17.1. The van der Waals surface area contributed by atoms with Crippen LogP contribution < -0.4 is 20.5 Å². The van der Waals surface area contributed by atoms with Crippen LogP contribution in [0.4, 0.5) is 11.4 Å².